The van der Waals surface area contributed by atoms with Gasteiger partial charge in [-0.1, -0.05) is 0 Å². The second-order valence-corrected chi connectivity index (χ2v) is 2.26. The van der Waals surface area contributed by atoms with Crippen molar-refractivity contribution in [2.45, 2.75) is 4.71 Å². The molecule has 0 aliphatic rings. The van der Waals surface area contributed by atoms with Crippen LogP contribution in [0, 0.1) is 0 Å². The van der Waals surface area contributed by atoms with Crippen LogP contribution in [0.15, 0.2) is 0 Å². The first kappa shape index (κ1) is 6.97. The van der Waals surface area contributed by atoms with Crippen LogP contribution in [0.5, 0.6) is 0 Å². The zero-order valence-electron chi connectivity index (χ0n) is 3.33. The average Bonchev–Trinajstić information content (AvgIpc) is 1.27. The Hall–Kier alpha value is -0.0300. The molecule has 0 aliphatic carbocycles. The van der Waals surface area contributed by atoms with Gasteiger partial charge in [-0.25, -0.2) is 4.79 Å². The lowest BCUT2D eigenvalue weighted by atomic mass is 11.1. The summed E-state index contributed by atoms with van der Waals surface area (Å²) in [6.07, 6.45) is -1.12. The summed E-state index contributed by atoms with van der Waals surface area (Å²) in [6.45, 7) is 0. The molecule has 0 rings (SSSR count). The van der Waals surface area contributed by atoms with E-state index in [2.05, 4.69) is 25.3 Å². The van der Waals surface area contributed by atoms with E-state index in [1.165, 1.54) is 0 Å². The lowest BCUT2D eigenvalue weighted by Gasteiger charge is -1.98. The normalized spacial score (nSPS) is 9.00. The number of hydrogen-bond donors (Lipinski definition) is 4. The van der Waals surface area contributed by atoms with E-state index in [1.807, 2.05) is 5.32 Å². The van der Waals surface area contributed by atoms with E-state index in [9.17, 15) is 4.79 Å². The molecule has 0 bridgehead atoms. The topological polar surface area (TPSA) is 49.3 Å². The van der Waals surface area contributed by atoms with Crippen molar-refractivity contribution in [3.63, 3.8) is 0 Å². The van der Waals surface area contributed by atoms with Crippen LogP contribution in [-0.2, 0) is 0 Å². The number of amides is 1. The number of nitrogens with one attached hydrogen (secondary N) is 1. The van der Waals surface area contributed by atoms with Crippen molar-refractivity contribution in [2.75, 3.05) is 0 Å². The number of rotatable bonds is 1. The summed E-state index contributed by atoms with van der Waals surface area (Å²) in [5.41, 5.74) is 0. The Morgan fingerprint density at radius 3 is 2.14 bits per heavy atom. The highest BCUT2D eigenvalue weighted by Crippen LogP contribution is 1.91. The predicted octanol–water partition coefficient (Wildman–Crippen LogP) is 0.397. The van der Waals surface area contributed by atoms with E-state index in [-0.39, 0.29) is 0 Å². The molecular weight excluding hydrogens is 134 g/mol. The Kier molecular flexibility index (Phi) is 3.02. The molecule has 3 nitrogen and oxygen atoms in total. The van der Waals surface area contributed by atoms with E-state index >= 15 is 0 Å². The van der Waals surface area contributed by atoms with Crippen LogP contribution < -0.4 is 5.32 Å². The zero-order chi connectivity index (χ0) is 5.86. The summed E-state index contributed by atoms with van der Waals surface area (Å²) >= 11 is 7.22. The molecule has 7 heavy (non-hydrogen) atoms. The van der Waals surface area contributed by atoms with Crippen molar-refractivity contribution in [1.29, 1.82) is 0 Å². The lowest BCUT2D eigenvalue weighted by molar-refractivity contribution is 0.196. The molecule has 0 heterocycles. The molecule has 0 aromatic rings. The van der Waals surface area contributed by atoms with Gasteiger partial charge in [-0.15, -0.1) is 25.3 Å². The summed E-state index contributed by atoms with van der Waals surface area (Å²) in [6, 6.07) is 0. The molecular formula is C2H5NO2S2. The van der Waals surface area contributed by atoms with Crippen LogP contribution in [0.4, 0.5) is 4.79 Å². The van der Waals surface area contributed by atoms with Crippen LogP contribution >= 0.6 is 25.3 Å². The van der Waals surface area contributed by atoms with Crippen molar-refractivity contribution in [3.8, 4) is 0 Å². The Morgan fingerprint density at radius 1 is 1.71 bits per heavy atom. The fourth-order valence-electron chi connectivity index (χ4n) is 0.110. The Morgan fingerprint density at radius 2 is 2.14 bits per heavy atom. The number of thiol groups is 2. The van der Waals surface area contributed by atoms with Gasteiger partial charge in [0.25, 0.3) is 0 Å². The van der Waals surface area contributed by atoms with Gasteiger partial charge in [0.05, 0.1) is 0 Å². The fourth-order valence-corrected chi connectivity index (χ4v) is 0.331. The van der Waals surface area contributed by atoms with Crippen molar-refractivity contribution >= 4 is 31.4 Å². The van der Waals surface area contributed by atoms with E-state index in [4.69, 9.17) is 5.11 Å². The maximum atomic E-state index is 9.60. The summed E-state index contributed by atoms with van der Waals surface area (Å²) in [7, 11) is 0. The standard InChI is InChI=1S/C2H5NO2S2/c4-1(5)3-2(6)7/h2-3,6-7H,(H,4,5). The van der Waals surface area contributed by atoms with E-state index in [0.717, 1.165) is 0 Å². The fraction of sp³-hybridized carbons (Fsp3) is 0.500. The molecule has 0 saturated carbocycles. The molecule has 0 aromatic carbocycles. The minimum absolute atomic E-state index is 0.586. The van der Waals surface area contributed by atoms with Gasteiger partial charge in [-0.3, -0.25) is 0 Å². The average molecular weight is 139 g/mol. The Bertz CT molecular complexity index is 74.1. The van der Waals surface area contributed by atoms with Gasteiger partial charge in [-0.2, -0.15) is 0 Å². The molecule has 42 valence electrons. The first-order valence-electron chi connectivity index (χ1n) is 1.48. The molecule has 1 amide bonds. The molecule has 5 heteroatoms. The highest BCUT2D eigenvalue weighted by Gasteiger charge is 1.95. The lowest BCUT2D eigenvalue weighted by Crippen LogP contribution is -2.24. The second-order valence-electron chi connectivity index (χ2n) is 0.823. The van der Waals surface area contributed by atoms with Gasteiger partial charge >= 0.3 is 6.09 Å². The molecule has 0 spiro atoms. The summed E-state index contributed by atoms with van der Waals surface area (Å²) in [5, 5.41) is 9.83. The monoisotopic (exact) mass is 139 g/mol. The third kappa shape index (κ3) is 5.97. The summed E-state index contributed by atoms with van der Waals surface area (Å²) in [5.74, 6) is 0. The maximum Gasteiger partial charge on any atom is 0.406 e. The van der Waals surface area contributed by atoms with Gasteiger partial charge in [-0.05, 0) is 0 Å². The van der Waals surface area contributed by atoms with Crippen molar-refractivity contribution in [3.05, 3.63) is 0 Å². The van der Waals surface area contributed by atoms with Crippen molar-refractivity contribution in [1.82, 2.24) is 5.32 Å². The summed E-state index contributed by atoms with van der Waals surface area (Å²) < 4.78 is -0.586. The minimum Gasteiger partial charge on any atom is -0.465 e. The smallest absolute Gasteiger partial charge is 0.406 e. The maximum absolute atomic E-state index is 9.60. The van der Waals surface area contributed by atoms with Gasteiger partial charge in [0.1, 0.15) is 4.71 Å². The third-order valence-corrected chi connectivity index (χ3v) is 0.511. The van der Waals surface area contributed by atoms with Gasteiger partial charge in [0.2, 0.25) is 0 Å². The van der Waals surface area contributed by atoms with Gasteiger partial charge < -0.3 is 10.4 Å². The third-order valence-electron chi connectivity index (χ3n) is 0.253. The van der Waals surface area contributed by atoms with E-state index in [0.29, 0.717) is 0 Å². The van der Waals surface area contributed by atoms with E-state index in [1.54, 1.807) is 0 Å². The molecule has 0 aromatic heterocycles. The molecule has 0 unspecified atom stereocenters. The number of carbonyl (C=O) groups is 1. The van der Waals surface area contributed by atoms with Crippen LogP contribution in [0.2, 0.25) is 0 Å². The quantitative estimate of drug-likeness (QED) is 0.314. The van der Waals surface area contributed by atoms with Gasteiger partial charge in [0.15, 0.2) is 0 Å². The first-order valence-corrected chi connectivity index (χ1v) is 2.52. The summed E-state index contributed by atoms with van der Waals surface area (Å²) in [4.78, 5) is 9.60. The van der Waals surface area contributed by atoms with E-state index < -0.39 is 10.8 Å². The Labute approximate surface area is 51.9 Å². The molecule has 0 radical (unpaired) electrons. The Balaban J connectivity index is 3.13. The highest BCUT2D eigenvalue weighted by atomic mass is 32.2. The van der Waals surface area contributed by atoms with Crippen LogP contribution in [0.1, 0.15) is 0 Å². The predicted molar refractivity (Wildman–Crippen MR) is 32.9 cm³/mol. The second kappa shape index (κ2) is 3.04. The van der Waals surface area contributed by atoms with Crippen LogP contribution in [-0.4, -0.2) is 15.9 Å². The van der Waals surface area contributed by atoms with Crippen LogP contribution in [0.3, 0.4) is 0 Å². The largest absolute Gasteiger partial charge is 0.465 e. The molecule has 0 saturated heterocycles. The molecule has 2 N–H and O–H groups in total. The minimum atomic E-state index is -1.12. The van der Waals surface area contributed by atoms with Crippen molar-refractivity contribution < 1.29 is 9.90 Å². The number of carboxylic acid groups (broad SMARTS) is 1. The molecule has 0 fully saturated rings. The zero-order valence-corrected chi connectivity index (χ0v) is 5.12. The first-order chi connectivity index (χ1) is 3.13. The number of hydrogen-bond acceptors (Lipinski definition) is 3. The molecule has 0 atom stereocenters. The van der Waals surface area contributed by atoms with Crippen molar-refractivity contribution in [2.24, 2.45) is 0 Å². The van der Waals surface area contributed by atoms with Gasteiger partial charge in [0, 0.05) is 0 Å². The highest BCUT2D eigenvalue weighted by molar-refractivity contribution is 7.99. The molecule has 0 aliphatic heterocycles. The SMILES string of the molecule is O=C(O)NC(S)S. The van der Waals surface area contributed by atoms with Crippen LogP contribution in [0.25, 0.3) is 0 Å².